The Morgan fingerprint density at radius 2 is 1.40 bits per heavy atom. The number of aromatic hydroxyl groups is 1. The van der Waals surface area contributed by atoms with Crippen molar-refractivity contribution in [2.24, 2.45) is 20.5 Å². The van der Waals surface area contributed by atoms with Gasteiger partial charge in [0.05, 0.1) is 28.3 Å². The summed E-state index contributed by atoms with van der Waals surface area (Å²) in [7, 11) is 0. The van der Waals surface area contributed by atoms with Gasteiger partial charge in [0.1, 0.15) is 5.75 Å². The Bertz CT molecular complexity index is 1200. The molecule has 0 unspecified atom stereocenters. The molecule has 1 N–H and O–H groups in total. The van der Waals surface area contributed by atoms with Crippen LogP contribution in [0.4, 0.5) is 28.4 Å². The molecule has 0 aliphatic heterocycles. The van der Waals surface area contributed by atoms with E-state index in [-0.39, 0.29) is 11.5 Å². The fourth-order valence-electron chi connectivity index (χ4n) is 3.65. The van der Waals surface area contributed by atoms with E-state index in [9.17, 15) is 9.90 Å². The Morgan fingerprint density at radius 1 is 0.800 bits per heavy atom. The lowest BCUT2D eigenvalue weighted by molar-refractivity contribution is 0.0977. The van der Waals surface area contributed by atoms with Crippen LogP contribution < -0.4 is 4.90 Å². The normalized spacial score (nSPS) is 11.4. The number of hydrogen-bond acceptors (Lipinski definition) is 7. The summed E-state index contributed by atoms with van der Waals surface area (Å²) in [4.78, 5) is 14.4. The molecule has 0 saturated carbocycles. The molecule has 0 aromatic heterocycles. The quantitative estimate of drug-likeness (QED) is 0.224. The Hall–Kier alpha value is -3.87. The number of ketones is 1. The number of carbonyl (C=O) groups is 1. The van der Waals surface area contributed by atoms with Crippen LogP contribution in [0.5, 0.6) is 5.75 Å². The van der Waals surface area contributed by atoms with Crippen LogP contribution in [0.3, 0.4) is 0 Å². The largest absolute Gasteiger partial charge is 0.507 e. The third-order valence-electron chi connectivity index (χ3n) is 5.75. The van der Waals surface area contributed by atoms with Crippen molar-refractivity contribution in [2.75, 3.05) is 18.0 Å². The third-order valence-corrected chi connectivity index (χ3v) is 5.75. The highest BCUT2D eigenvalue weighted by Gasteiger charge is 2.11. The van der Waals surface area contributed by atoms with Crippen LogP contribution in [0.25, 0.3) is 0 Å². The second-order valence-corrected chi connectivity index (χ2v) is 8.29. The lowest BCUT2D eigenvalue weighted by atomic mass is 10.0. The number of hydrogen-bond donors (Lipinski definition) is 1. The van der Waals surface area contributed by atoms with Gasteiger partial charge >= 0.3 is 0 Å². The van der Waals surface area contributed by atoms with Gasteiger partial charge in [-0.25, -0.2) is 0 Å². The molecular formula is C28H33N5O2. The number of aryl methyl sites for hydroxylation is 1. The van der Waals surface area contributed by atoms with Gasteiger partial charge in [-0.1, -0.05) is 13.3 Å². The number of unbranched alkanes of at least 4 members (excludes halogenated alkanes) is 1. The lowest BCUT2D eigenvalue weighted by Crippen LogP contribution is -2.21. The van der Waals surface area contributed by atoms with Crippen molar-refractivity contribution >= 4 is 34.2 Å². The maximum Gasteiger partial charge on any atom is 0.166 e. The van der Waals surface area contributed by atoms with Crippen LogP contribution >= 0.6 is 0 Å². The van der Waals surface area contributed by atoms with Gasteiger partial charge in [-0.3, -0.25) is 4.79 Å². The monoisotopic (exact) mass is 471 g/mol. The maximum absolute atomic E-state index is 12.2. The SMILES string of the molecule is CCCCC(=O)c1ccc(/N=N/c2ccc(/N=N/c3ccc(N(CC)CC)cc3)c(C)c2)cc1O. The first-order valence-corrected chi connectivity index (χ1v) is 12.1. The van der Waals surface area contributed by atoms with Crippen LogP contribution in [0.2, 0.25) is 0 Å². The smallest absolute Gasteiger partial charge is 0.166 e. The molecule has 0 radical (unpaired) electrons. The van der Waals surface area contributed by atoms with Gasteiger partial charge in [-0.05, 0) is 87.4 Å². The van der Waals surface area contributed by atoms with Crippen molar-refractivity contribution in [3.63, 3.8) is 0 Å². The first-order valence-electron chi connectivity index (χ1n) is 12.1. The van der Waals surface area contributed by atoms with Gasteiger partial charge in [0.2, 0.25) is 0 Å². The van der Waals surface area contributed by atoms with Gasteiger partial charge in [-0.15, -0.1) is 0 Å². The average Bonchev–Trinajstić information content (AvgIpc) is 2.87. The second-order valence-electron chi connectivity index (χ2n) is 8.29. The molecule has 0 spiro atoms. The summed E-state index contributed by atoms with van der Waals surface area (Å²) in [6.45, 7) is 10.2. The molecule has 0 atom stereocenters. The minimum atomic E-state index is -0.0698. The maximum atomic E-state index is 12.2. The highest BCUT2D eigenvalue weighted by molar-refractivity contribution is 5.98. The number of phenols is 1. The Labute approximate surface area is 207 Å². The van der Waals surface area contributed by atoms with Crippen LogP contribution in [0, 0.1) is 6.92 Å². The number of nitrogens with zero attached hydrogens (tertiary/aromatic N) is 5. The molecule has 0 bridgehead atoms. The Morgan fingerprint density at radius 3 is 2.00 bits per heavy atom. The highest BCUT2D eigenvalue weighted by Crippen LogP contribution is 2.30. The summed E-state index contributed by atoms with van der Waals surface area (Å²) in [6, 6.07) is 18.3. The zero-order valence-corrected chi connectivity index (χ0v) is 20.9. The van der Waals surface area contributed by atoms with E-state index in [2.05, 4.69) is 51.3 Å². The number of azo groups is 2. The van der Waals surface area contributed by atoms with E-state index in [1.165, 1.54) is 11.8 Å². The Kier molecular flexibility index (Phi) is 9.23. The molecule has 3 aromatic rings. The highest BCUT2D eigenvalue weighted by atomic mass is 16.3. The summed E-state index contributed by atoms with van der Waals surface area (Å²) in [6.07, 6.45) is 2.16. The van der Waals surface area contributed by atoms with Gasteiger partial charge in [0, 0.05) is 31.3 Å². The van der Waals surface area contributed by atoms with Crippen LogP contribution in [-0.4, -0.2) is 24.0 Å². The van der Waals surface area contributed by atoms with E-state index in [4.69, 9.17) is 0 Å². The van der Waals surface area contributed by atoms with Crippen molar-refractivity contribution in [2.45, 2.75) is 47.0 Å². The zero-order valence-electron chi connectivity index (χ0n) is 20.9. The number of Topliss-reactive ketones (excluding diaryl/α,β-unsaturated/α-hetero) is 1. The molecule has 0 amide bonds. The van der Waals surface area contributed by atoms with E-state index in [1.807, 2.05) is 44.2 Å². The number of anilines is 1. The van der Waals surface area contributed by atoms with Crippen molar-refractivity contribution < 1.29 is 9.90 Å². The van der Waals surface area contributed by atoms with Gasteiger partial charge in [0.25, 0.3) is 0 Å². The molecule has 7 nitrogen and oxygen atoms in total. The Balaban J connectivity index is 1.67. The number of rotatable bonds is 11. The van der Waals surface area contributed by atoms with Crippen LogP contribution in [-0.2, 0) is 0 Å². The molecule has 35 heavy (non-hydrogen) atoms. The molecule has 0 saturated heterocycles. The molecule has 0 aliphatic carbocycles. The fraction of sp³-hybridized carbons (Fsp3) is 0.321. The van der Waals surface area contributed by atoms with E-state index in [0.717, 1.165) is 42.9 Å². The van der Waals surface area contributed by atoms with Gasteiger partial charge < -0.3 is 10.0 Å². The molecule has 182 valence electrons. The van der Waals surface area contributed by atoms with E-state index >= 15 is 0 Å². The summed E-state index contributed by atoms with van der Waals surface area (Å²) in [5.41, 5.74) is 5.10. The first kappa shape index (κ1) is 25.7. The van der Waals surface area contributed by atoms with E-state index in [1.54, 1.807) is 12.1 Å². The molecule has 7 heteroatoms. The predicted molar refractivity (Wildman–Crippen MR) is 141 cm³/mol. The first-order chi connectivity index (χ1) is 16.9. The van der Waals surface area contributed by atoms with Crippen molar-refractivity contribution in [3.8, 4) is 5.75 Å². The van der Waals surface area contributed by atoms with E-state index < -0.39 is 0 Å². The number of phenolic OH excluding ortho intramolecular Hbond substituents is 1. The van der Waals surface area contributed by atoms with E-state index in [0.29, 0.717) is 23.4 Å². The van der Waals surface area contributed by atoms with Crippen LogP contribution in [0.15, 0.2) is 81.1 Å². The van der Waals surface area contributed by atoms with Crippen LogP contribution in [0.1, 0.15) is 56.0 Å². The van der Waals surface area contributed by atoms with Crippen molar-refractivity contribution in [1.29, 1.82) is 0 Å². The lowest BCUT2D eigenvalue weighted by Gasteiger charge is -2.20. The number of carbonyl (C=O) groups excluding carboxylic acids is 1. The van der Waals surface area contributed by atoms with Gasteiger partial charge in [0.15, 0.2) is 5.78 Å². The molecule has 3 aromatic carbocycles. The fourth-order valence-corrected chi connectivity index (χ4v) is 3.65. The summed E-state index contributed by atoms with van der Waals surface area (Å²) >= 11 is 0. The van der Waals surface area contributed by atoms with Crippen molar-refractivity contribution in [1.82, 2.24) is 0 Å². The predicted octanol–water partition coefficient (Wildman–Crippen LogP) is 8.75. The molecule has 0 fully saturated rings. The topological polar surface area (TPSA) is 90.0 Å². The minimum absolute atomic E-state index is 0.0620. The standard InChI is InChI=1S/C28H33N5O2/c1-5-8-9-27(34)25-16-12-23(19-28(25)35)31-30-22-13-17-26(20(4)18-22)32-29-21-10-14-24(15-11-21)33(6-2)7-3/h10-19,35H,5-9H2,1-4H3/b31-30+,32-29+. The summed E-state index contributed by atoms with van der Waals surface area (Å²) in [5.74, 6) is -0.132. The molecule has 0 aliphatic rings. The third kappa shape index (κ3) is 7.06. The minimum Gasteiger partial charge on any atom is -0.507 e. The average molecular weight is 472 g/mol. The van der Waals surface area contributed by atoms with Crippen molar-refractivity contribution in [3.05, 3.63) is 71.8 Å². The molecular weight excluding hydrogens is 438 g/mol. The zero-order chi connectivity index (χ0) is 25.2. The molecule has 0 heterocycles. The van der Waals surface area contributed by atoms with Gasteiger partial charge in [-0.2, -0.15) is 20.5 Å². The second kappa shape index (κ2) is 12.6. The summed E-state index contributed by atoms with van der Waals surface area (Å²) < 4.78 is 0. The number of benzene rings is 3. The summed E-state index contributed by atoms with van der Waals surface area (Å²) in [5, 5.41) is 27.4. The molecule has 3 rings (SSSR count).